The van der Waals surface area contributed by atoms with Crippen LogP contribution in [0.1, 0.15) is 43.0 Å². The van der Waals surface area contributed by atoms with Gasteiger partial charge in [-0.2, -0.15) is 26.3 Å². The van der Waals surface area contributed by atoms with Crippen molar-refractivity contribution < 1.29 is 35.9 Å². The summed E-state index contributed by atoms with van der Waals surface area (Å²) in [6, 6.07) is 15.1. The molecular weight excluding hydrogens is 598 g/mol. The second-order valence-corrected chi connectivity index (χ2v) is 11.4. The van der Waals surface area contributed by atoms with E-state index >= 15 is 26.3 Å². The van der Waals surface area contributed by atoms with Crippen LogP contribution in [0.5, 0.6) is 0 Å². The highest BCUT2D eigenvalue weighted by atomic mass is 19.4. The van der Waals surface area contributed by atoms with Crippen LogP contribution in [0.3, 0.4) is 0 Å². The predicted octanol–water partition coefficient (Wildman–Crippen LogP) is 7.75. The van der Waals surface area contributed by atoms with Crippen molar-refractivity contribution in [2.45, 2.75) is 31.6 Å². The molecule has 4 aromatic carbocycles. The van der Waals surface area contributed by atoms with E-state index in [2.05, 4.69) is 9.97 Å². The van der Waals surface area contributed by atoms with Crippen LogP contribution >= 0.6 is 0 Å². The van der Waals surface area contributed by atoms with Gasteiger partial charge in [-0.05, 0) is 72.5 Å². The zero-order valence-electron chi connectivity index (χ0n) is 23.3. The molecular formula is C33H18F6N4O2. The van der Waals surface area contributed by atoms with Crippen molar-refractivity contribution in [3.05, 3.63) is 106 Å². The quantitative estimate of drug-likeness (QED) is 0.186. The zero-order valence-corrected chi connectivity index (χ0v) is 23.3. The molecule has 4 heterocycles. The minimum absolute atomic E-state index is 0.118. The summed E-state index contributed by atoms with van der Waals surface area (Å²) in [5.74, 6) is -1.31. The summed E-state index contributed by atoms with van der Waals surface area (Å²) in [7, 11) is 0. The Morgan fingerprint density at radius 3 is 1.31 bits per heavy atom. The van der Waals surface area contributed by atoms with Crippen molar-refractivity contribution in [3.63, 3.8) is 0 Å². The van der Waals surface area contributed by atoms with Crippen LogP contribution in [0.25, 0.3) is 44.8 Å². The molecule has 0 unspecified atom stereocenters. The third-order valence-corrected chi connectivity index (χ3v) is 8.72. The van der Waals surface area contributed by atoms with Crippen LogP contribution in [-0.4, -0.2) is 43.3 Å². The Balaban J connectivity index is 1.33. The first kappa shape index (κ1) is 27.3. The van der Waals surface area contributed by atoms with Crippen molar-refractivity contribution in [2.24, 2.45) is 0 Å². The molecule has 2 aliphatic heterocycles. The molecule has 12 heteroatoms. The van der Waals surface area contributed by atoms with E-state index < -0.39 is 40.7 Å². The molecule has 0 spiro atoms. The number of rotatable bonds is 2. The molecule has 0 atom stereocenters. The van der Waals surface area contributed by atoms with Crippen molar-refractivity contribution in [1.29, 1.82) is 0 Å². The van der Waals surface area contributed by atoms with Gasteiger partial charge in [-0.1, -0.05) is 36.4 Å². The minimum atomic E-state index is -5.92. The van der Waals surface area contributed by atoms with Gasteiger partial charge in [0.15, 0.2) is 0 Å². The fourth-order valence-electron chi connectivity index (χ4n) is 6.66. The van der Waals surface area contributed by atoms with Crippen LogP contribution < -0.4 is 0 Å². The van der Waals surface area contributed by atoms with E-state index in [0.717, 1.165) is 35.4 Å². The number of hydrogen-bond acceptors (Lipinski definition) is 4. The number of hydrogen-bond donors (Lipinski definition) is 0. The molecule has 6 nitrogen and oxygen atoms in total. The van der Waals surface area contributed by atoms with Crippen molar-refractivity contribution in [1.82, 2.24) is 19.1 Å². The molecule has 8 rings (SSSR count). The molecule has 0 fully saturated rings. The lowest BCUT2D eigenvalue weighted by atomic mass is 9.71. The van der Waals surface area contributed by atoms with Crippen LogP contribution in [0.15, 0.2) is 72.8 Å². The fourth-order valence-corrected chi connectivity index (χ4v) is 6.66. The van der Waals surface area contributed by atoms with E-state index in [1.54, 1.807) is 50.2 Å². The number of halogens is 6. The summed E-state index contributed by atoms with van der Waals surface area (Å²) in [5, 5.41) is 0. The normalized spacial score (nSPS) is 14.3. The molecule has 0 bridgehead atoms. The number of alkyl halides is 6. The number of imidazole rings is 2. The summed E-state index contributed by atoms with van der Waals surface area (Å²) in [6.45, 7) is 3.56. The number of carbonyl (C=O) groups is 2. The first-order chi connectivity index (χ1) is 21.2. The maximum absolute atomic E-state index is 15.1. The van der Waals surface area contributed by atoms with Gasteiger partial charge in [0.05, 0.1) is 33.2 Å². The number of benzene rings is 4. The Morgan fingerprint density at radius 1 is 0.533 bits per heavy atom. The SMILES string of the molecule is Cc1ccc2nc3n(c2c1)C(=O)c1cc(C(c2ccc4c(c2)C(=O)n2c-4nc4ccc(C)cc42)(C(F)(F)F)C(F)(F)F)ccc1-3. The maximum Gasteiger partial charge on any atom is 0.411 e. The Kier molecular flexibility index (Phi) is 5.14. The summed E-state index contributed by atoms with van der Waals surface area (Å²) in [6.07, 6.45) is -11.8. The minimum Gasteiger partial charge on any atom is -0.268 e. The summed E-state index contributed by atoms with van der Waals surface area (Å²) in [5.41, 5.74) is -4.13. The van der Waals surface area contributed by atoms with E-state index in [1.165, 1.54) is 9.13 Å². The highest BCUT2D eigenvalue weighted by molar-refractivity contribution is 6.14. The summed E-state index contributed by atoms with van der Waals surface area (Å²) in [4.78, 5) is 35.9. The molecule has 0 N–H and O–H groups in total. The maximum atomic E-state index is 15.1. The number of nitrogens with zero attached hydrogens (tertiary/aromatic N) is 4. The molecule has 2 aromatic heterocycles. The summed E-state index contributed by atoms with van der Waals surface area (Å²) < 4.78 is 93.2. The zero-order chi connectivity index (χ0) is 31.8. The number of aromatic nitrogens is 4. The van der Waals surface area contributed by atoms with Gasteiger partial charge in [0, 0.05) is 11.1 Å². The standard InChI is InChI=1S/C33H18F6N4O2/c1-15-3-9-23-25(11-15)42-27(40-23)19-7-5-17(13-21(19)29(42)44)31(32(34,35)36,33(37,38)39)18-6-8-20-22(14-18)30(45)43-26-12-16(2)4-10-24(26)41-28(20)43/h3-14H,1-2H3. The second-order valence-electron chi connectivity index (χ2n) is 11.4. The number of carbonyl (C=O) groups excluding carboxylic acids is 2. The molecule has 0 saturated heterocycles. The summed E-state index contributed by atoms with van der Waals surface area (Å²) >= 11 is 0. The van der Waals surface area contributed by atoms with Gasteiger partial charge in [0.2, 0.25) is 5.41 Å². The highest BCUT2D eigenvalue weighted by Crippen LogP contribution is 2.57. The molecule has 6 aromatic rings. The van der Waals surface area contributed by atoms with Crippen molar-refractivity contribution in [2.75, 3.05) is 0 Å². The second kappa shape index (κ2) is 8.46. The van der Waals surface area contributed by atoms with Gasteiger partial charge in [-0.15, -0.1) is 0 Å². The van der Waals surface area contributed by atoms with E-state index in [-0.39, 0.29) is 33.9 Å². The Morgan fingerprint density at radius 2 is 0.933 bits per heavy atom. The highest BCUT2D eigenvalue weighted by Gasteiger charge is 2.72. The average Bonchev–Trinajstić information content (AvgIpc) is 3.67. The van der Waals surface area contributed by atoms with Crippen LogP contribution in [0.4, 0.5) is 26.3 Å². The van der Waals surface area contributed by atoms with Crippen LogP contribution in [0.2, 0.25) is 0 Å². The van der Waals surface area contributed by atoms with E-state index in [1.807, 2.05) is 0 Å². The third-order valence-electron chi connectivity index (χ3n) is 8.72. The van der Waals surface area contributed by atoms with E-state index in [4.69, 9.17) is 0 Å². The molecule has 2 aliphatic rings. The molecule has 0 radical (unpaired) electrons. The largest absolute Gasteiger partial charge is 0.411 e. The molecule has 0 aliphatic carbocycles. The lowest BCUT2D eigenvalue weighted by Gasteiger charge is -2.38. The Hall–Kier alpha value is -5.26. The molecule has 45 heavy (non-hydrogen) atoms. The number of fused-ring (bicyclic) bond motifs is 10. The smallest absolute Gasteiger partial charge is 0.268 e. The van der Waals surface area contributed by atoms with Crippen LogP contribution in [0, 0.1) is 13.8 Å². The topological polar surface area (TPSA) is 69.8 Å². The monoisotopic (exact) mass is 616 g/mol. The third kappa shape index (κ3) is 3.36. The van der Waals surface area contributed by atoms with E-state index in [0.29, 0.717) is 34.2 Å². The Bertz CT molecular complexity index is 2160. The van der Waals surface area contributed by atoms with Crippen molar-refractivity contribution >= 4 is 33.9 Å². The Labute approximate surface area is 249 Å². The lowest BCUT2D eigenvalue weighted by molar-refractivity contribution is -0.288. The van der Waals surface area contributed by atoms with Crippen LogP contribution in [-0.2, 0) is 5.41 Å². The van der Waals surface area contributed by atoms with Gasteiger partial charge < -0.3 is 0 Å². The van der Waals surface area contributed by atoms with E-state index in [9.17, 15) is 9.59 Å². The predicted molar refractivity (Wildman–Crippen MR) is 152 cm³/mol. The van der Waals surface area contributed by atoms with Gasteiger partial charge >= 0.3 is 12.4 Å². The average molecular weight is 617 g/mol. The number of aryl methyl sites for hydroxylation is 2. The molecule has 0 amide bonds. The van der Waals surface area contributed by atoms with Gasteiger partial charge in [-0.25, -0.2) is 9.97 Å². The fraction of sp³-hybridized carbons (Fsp3) is 0.152. The lowest BCUT2D eigenvalue weighted by Crippen LogP contribution is -2.54. The first-order valence-electron chi connectivity index (χ1n) is 13.7. The van der Waals surface area contributed by atoms with Gasteiger partial charge in [0.1, 0.15) is 11.6 Å². The van der Waals surface area contributed by atoms with Gasteiger partial charge in [-0.3, -0.25) is 18.7 Å². The van der Waals surface area contributed by atoms with Gasteiger partial charge in [0.25, 0.3) is 11.8 Å². The molecule has 0 saturated carbocycles. The molecule has 224 valence electrons. The first-order valence-corrected chi connectivity index (χ1v) is 13.7. The van der Waals surface area contributed by atoms with Crippen molar-refractivity contribution in [3.8, 4) is 22.8 Å².